The number of carbonyl (C=O) groups excluding carboxylic acids is 1. The van der Waals surface area contributed by atoms with Crippen LogP contribution in [-0.2, 0) is 18.0 Å². The first kappa shape index (κ1) is 20.9. The summed E-state index contributed by atoms with van der Waals surface area (Å²) >= 11 is 6.92. The monoisotopic (exact) mass is 443 g/mol. The molecule has 1 aliphatic rings. The van der Waals surface area contributed by atoms with Gasteiger partial charge in [-0.2, -0.15) is 0 Å². The number of aryl methyl sites for hydroxylation is 2. The van der Waals surface area contributed by atoms with Gasteiger partial charge in [-0.3, -0.25) is 9.69 Å². The lowest BCUT2D eigenvalue weighted by Gasteiger charge is -2.30. The van der Waals surface area contributed by atoms with Gasteiger partial charge in [-0.05, 0) is 44.5 Å². The minimum Gasteiger partial charge on any atom is -0.408 e. The van der Waals surface area contributed by atoms with Gasteiger partial charge in [0.2, 0.25) is 5.91 Å². The molecule has 0 atom stereocenters. The molecule has 158 valence electrons. The number of hydrogen-bond acceptors (Lipinski definition) is 7. The molecule has 4 rings (SSSR count). The SMILES string of the molecule is Cc1nc(C)c(-c2nn(CN3CCC(C(=O)NCc4ccccc4)CC3)c(=S)o2)s1. The fourth-order valence-electron chi connectivity index (χ4n) is 3.67. The van der Waals surface area contributed by atoms with Crippen molar-refractivity contribution in [2.45, 2.75) is 39.9 Å². The first-order chi connectivity index (χ1) is 14.5. The van der Waals surface area contributed by atoms with Gasteiger partial charge in [0.05, 0.1) is 17.4 Å². The Labute approximate surface area is 184 Å². The summed E-state index contributed by atoms with van der Waals surface area (Å²) in [6.45, 7) is 6.71. The highest BCUT2D eigenvalue weighted by Crippen LogP contribution is 2.28. The lowest BCUT2D eigenvalue weighted by atomic mass is 9.96. The number of carbonyl (C=O) groups is 1. The van der Waals surface area contributed by atoms with Gasteiger partial charge in [0.25, 0.3) is 10.7 Å². The predicted molar refractivity (Wildman–Crippen MR) is 118 cm³/mol. The third-order valence-corrected chi connectivity index (χ3v) is 6.66. The summed E-state index contributed by atoms with van der Waals surface area (Å²) in [4.78, 5) is 20.5. The summed E-state index contributed by atoms with van der Waals surface area (Å²) in [6, 6.07) is 9.99. The van der Waals surface area contributed by atoms with E-state index >= 15 is 0 Å². The van der Waals surface area contributed by atoms with E-state index in [-0.39, 0.29) is 11.8 Å². The van der Waals surface area contributed by atoms with Crippen molar-refractivity contribution >= 4 is 29.5 Å². The van der Waals surface area contributed by atoms with Gasteiger partial charge >= 0.3 is 0 Å². The van der Waals surface area contributed by atoms with E-state index in [1.165, 1.54) is 0 Å². The number of nitrogens with one attached hydrogen (secondary N) is 1. The number of rotatable bonds is 6. The highest BCUT2D eigenvalue weighted by molar-refractivity contribution is 7.71. The lowest BCUT2D eigenvalue weighted by molar-refractivity contribution is -0.126. The van der Waals surface area contributed by atoms with E-state index in [4.69, 9.17) is 16.6 Å². The third-order valence-electron chi connectivity index (χ3n) is 5.31. The molecule has 1 N–H and O–H groups in total. The largest absolute Gasteiger partial charge is 0.408 e. The molecule has 3 heterocycles. The molecule has 9 heteroatoms. The summed E-state index contributed by atoms with van der Waals surface area (Å²) in [5.41, 5.74) is 2.02. The average Bonchev–Trinajstić information content (AvgIpc) is 3.28. The van der Waals surface area contributed by atoms with Crippen molar-refractivity contribution < 1.29 is 9.21 Å². The number of nitrogens with zero attached hydrogens (tertiary/aromatic N) is 4. The van der Waals surface area contributed by atoms with Crippen LogP contribution >= 0.6 is 23.6 Å². The van der Waals surface area contributed by atoms with Crippen molar-refractivity contribution in [2.75, 3.05) is 13.1 Å². The van der Waals surface area contributed by atoms with Crippen LogP contribution in [0.5, 0.6) is 0 Å². The van der Waals surface area contributed by atoms with Crippen LogP contribution < -0.4 is 5.32 Å². The minimum absolute atomic E-state index is 0.0497. The van der Waals surface area contributed by atoms with Crippen molar-refractivity contribution in [2.24, 2.45) is 5.92 Å². The lowest BCUT2D eigenvalue weighted by Crippen LogP contribution is -2.41. The number of thiazole rings is 1. The molecule has 1 amide bonds. The molecule has 0 spiro atoms. The second kappa shape index (κ2) is 9.20. The summed E-state index contributed by atoms with van der Waals surface area (Å²) in [6.07, 6.45) is 1.65. The van der Waals surface area contributed by atoms with Crippen LogP contribution in [0.15, 0.2) is 34.7 Å². The summed E-state index contributed by atoms with van der Waals surface area (Å²) in [7, 11) is 0. The summed E-state index contributed by atoms with van der Waals surface area (Å²) in [5, 5.41) is 8.60. The normalized spacial score (nSPS) is 15.4. The molecular weight excluding hydrogens is 418 g/mol. The van der Waals surface area contributed by atoms with E-state index in [0.29, 0.717) is 23.9 Å². The van der Waals surface area contributed by atoms with Crippen molar-refractivity contribution in [3.05, 3.63) is 51.4 Å². The highest BCUT2D eigenvalue weighted by Gasteiger charge is 2.25. The van der Waals surface area contributed by atoms with Crippen LogP contribution in [0.1, 0.15) is 29.1 Å². The van der Waals surface area contributed by atoms with Crippen molar-refractivity contribution in [1.29, 1.82) is 0 Å². The molecule has 0 bridgehead atoms. The molecular formula is C21H25N5O2S2. The first-order valence-electron chi connectivity index (χ1n) is 10.1. The topological polar surface area (TPSA) is 76.2 Å². The fourth-order valence-corrected chi connectivity index (χ4v) is 4.69. The molecule has 0 saturated carbocycles. The third kappa shape index (κ3) is 4.85. The molecule has 0 unspecified atom stereocenters. The van der Waals surface area contributed by atoms with Gasteiger partial charge in [-0.1, -0.05) is 30.3 Å². The van der Waals surface area contributed by atoms with Gasteiger partial charge in [-0.25, -0.2) is 9.67 Å². The van der Waals surface area contributed by atoms with Crippen molar-refractivity contribution in [3.63, 3.8) is 0 Å². The molecule has 30 heavy (non-hydrogen) atoms. The van der Waals surface area contributed by atoms with Gasteiger partial charge in [0.1, 0.15) is 4.88 Å². The second-order valence-corrected chi connectivity index (χ2v) is 9.11. The Morgan fingerprint density at radius 1 is 1.27 bits per heavy atom. The van der Waals surface area contributed by atoms with Crippen molar-refractivity contribution in [3.8, 4) is 10.8 Å². The van der Waals surface area contributed by atoms with E-state index in [1.807, 2.05) is 44.2 Å². The van der Waals surface area contributed by atoms with Crippen LogP contribution in [0.2, 0.25) is 0 Å². The summed E-state index contributed by atoms with van der Waals surface area (Å²) in [5.74, 6) is 0.710. The molecule has 0 aliphatic carbocycles. The Morgan fingerprint density at radius 3 is 2.67 bits per heavy atom. The van der Waals surface area contributed by atoms with Crippen LogP contribution in [0.4, 0.5) is 0 Å². The number of amides is 1. The number of aromatic nitrogens is 3. The number of likely N-dealkylation sites (tertiary alicyclic amines) is 1. The van der Waals surface area contributed by atoms with E-state index in [1.54, 1.807) is 16.0 Å². The summed E-state index contributed by atoms with van der Waals surface area (Å²) < 4.78 is 7.43. The number of piperidine rings is 1. The first-order valence-corrected chi connectivity index (χ1v) is 11.3. The maximum absolute atomic E-state index is 12.5. The molecule has 7 nitrogen and oxygen atoms in total. The zero-order valence-corrected chi connectivity index (χ0v) is 18.8. The Hall–Kier alpha value is -2.36. The molecule has 1 aliphatic heterocycles. The van der Waals surface area contributed by atoms with E-state index in [2.05, 4.69) is 20.3 Å². The fraction of sp³-hybridized carbons (Fsp3) is 0.429. The zero-order chi connectivity index (χ0) is 21.1. The van der Waals surface area contributed by atoms with Crippen LogP contribution in [0.25, 0.3) is 10.8 Å². The Morgan fingerprint density at radius 2 is 2.00 bits per heavy atom. The Kier molecular flexibility index (Phi) is 6.40. The molecule has 3 aromatic rings. The standard InChI is InChI=1S/C21H25N5O2S2/c1-14-18(30-15(2)23-14)20-24-26(21(29)28-20)13-25-10-8-17(9-11-25)19(27)22-12-16-6-4-3-5-7-16/h3-7,17H,8-13H2,1-2H3,(H,22,27). The quantitative estimate of drug-likeness (QED) is 0.582. The Bertz CT molecular complexity index is 1060. The van der Waals surface area contributed by atoms with Crippen molar-refractivity contribution in [1.82, 2.24) is 25.0 Å². The maximum Gasteiger partial charge on any atom is 0.288 e. The zero-order valence-electron chi connectivity index (χ0n) is 17.1. The van der Waals surface area contributed by atoms with E-state index in [0.717, 1.165) is 47.1 Å². The van der Waals surface area contributed by atoms with Gasteiger partial charge < -0.3 is 9.73 Å². The smallest absolute Gasteiger partial charge is 0.288 e. The van der Waals surface area contributed by atoms with Crippen LogP contribution in [-0.4, -0.2) is 38.7 Å². The highest BCUT2D eigenvalue weighted by atomic mass is 32.1. The molecule has 1 saturated heterocycles. The average molecular weight is 444 g/mol. The van der Waals surface area contributed by atoms with Gasteiger partial charge in [0, 0.05) is 25.6 Å². The van der Waals surface area contributed by atoms with Crippen LogP contribution in [0, 0.1) is 24.6 Å². The van der Waals surface area contributed by atoms with E-state index < -0.39 is 0 Å². The second-order valence-electron chi connectivity index (χ2n) is 7.56. The number of benzene rings is 1. The predicted octanol–water partition coefficient (Wildman–Crippen LogP) is 3.93. The molecule has 1 fully saturated rings. The maximum atomic E-state index is 12.5. The molecule has 1 aromatic carbocycles. The Balaban J connectivity index is 1.30. The molecule has 2 aromatic heterocycles. The van der Waals surface area contributed by atoms with Gasteiger partial charge in [-0.15, -0.1) is 16.4 Å². The van der Waals surface area contributed by atoms with Crippen LogP contribution in [0.3, 0.4) is 0 Å². The molecule has 0 radical (unpaired) electrons. The van der Waals surface area contributed by atoms with E-state index in [9.17, 15) is 4.79 Å². The minimum atomic E-state index is 0.0497. The number of hydrogen-bond donors (Lipinski definition) is 1. The van der Waals surface area contributed by atoms with Gasteiger partial charge in [0.15, 0.2) is 0 Å².